The predicted octanol–water partition coefficient (Wildman–Crippen LogP) is 2.94. The van der Waals surface area contributed by atoms with Gasteiger partial charge in [-0.1, -0.05) is 22.9 Å². The summed E-state index contributed by atoms with van der Waals surface area (Å²) in [4.78, 5) is 12.1. The van der Waals surface area contributed by atoms with Crippen molar-refractivity contribution in [2.45, 2.75) is 19.3 Å². The molecule has 0 fully saturated rings. The maximum absolute atomic E-state index is 13.2. The molecule has 0 bridgehead atoms. The highest BCUT2D eigenvalue weighted by molar-refractivity contribution is 9.10. The highest BCUT2D eigenvalue weighted by atomic mass is 79.9. The Morgan fingerprint density at radius 1 is 1.38 bits per heavy atom. The van der Waals surface area contributed by atoms with Crippen LogP contribution in [-0.2, 0) is 6.42 Å². The average molecular weight is 424 g/mol. The molecule has 0 aliphatic heterocycles. The third-order valence-electron chi connectivity index (χ3n) is 3.33. The Hall–Kier alpha value is -1.51. The summed E-state index contributed by atoms with van der Waals surface area (Å²) >= 11 is 3.35. The summed E-state index contributed by atoms with van der Waals surface area (Å²) in [6, 6.07) is 7.41. The van der Waals surface area contributed by atoms with Gasteiger partial charge >= 0.3 is 0 Å². The summed E-state index contributed by atoms with van der Waals surface area (Å²) in [5, 5.41) is 6.41. The van der Waals surface area contributed by atoms with Gasteiger partial charge in [0, 0.05) is 4.47 Å². The van der Waals surface area contributed by atoms with Crippen LogP contribution in [0.5, 0.6) is 0 Å². The van der Waals surface area contributed by atoms with E-state index in [9.17, 15) is 13.6 Å². The van der Waals surface area contributed by atoms with Crippen LogP contribution >= 0.6 is 28.3 Å². The van der Waals surface area contributed by atoms with Crippen molar-refractivity contribution in [2.24, 2.45) is 5.73 Å². The van der Waals surface area contributed by atoms with Gasteiger partial charge in [0.15, 0.2) is 0 Å². The van der Waals surface area contributed by atoms with E-state index in [2.05, 4.69) is 26.3 Å². The second-order valence-corrected chi connectivity index (χ2v) is 5.91. The molecule has 0 aliphatic carbocycles. The Morgan fingerprint density at radius 2 is 2.00 bits per heavy atom. The van der Waals surface area contributed by atoms with Gasteiger partial charge in [0.2, 0.25) is 0 Å². The van der Waals surface area contributed by atoms with Crippen molar-refractivity contribution in [1.29, 1.82) is 0 Å². The van der Waals surface area contributed by atoms with Gasteiger partial charge in [-0.3, -0.25) is 4.79 Å². The van der Waals surface area contributed by atoms with Crippen molar-refractivity contribution in [3.63, 3.8) is 0 Å². The Balaban J connectivity index is 0.00000288. The number of hydrogen-bond acceptors (Lipinski definition) is 3. The normalized spacial score (nSPS) is 11.0. The largest absolute Gasteiger partial charge is 0.346 e. The number of benzene rings is 1. The Morgan fingerprint density at radius 3 is 2.54 bits per heavy atom. The first-order chi connectivity index (χ1) is 10.9. The van der Waals surface area contributed by atoms with Gasteiger partial charge < -0.3 is 11.1 Å². The van der Waals surface area contributed by atoms with Crippen molar-refractivity contribution in [1.82, 2.24) is 15.1 Å². The molecule has 2 aromatic rings. The van der Waals surface area contributed by atoms with Crippen LogP contribution < -0.4 is 11.1 Å². The summed E-state index contributed by atoms with van der Waals surface area (Å²) < 4.78 is 28.9. The molecule has 132 valence electrons. The summed E-state index contributed by atoms with van der Waals surface area (Å²) in [6.45, 7) is 0.263. The lowest BCUT2D eigenvalue weighted by molar-refractivity contribution is 0.0118. The number of rotatable bonds is 6. The van der Waals surface area contributed by atoms with Gasteiger partial charge in [-0.05, 0) is 30.7 Å². The topological polar surface area (TPSA) is 72.9 Å². The number of nitrogens with zero attached hydrogens (tertiary/aromatic N) is 2. The number of halogens is 4. The van der Waals surface area contributed by atoms with Crippen LogP contribution in [0.25, 0.3) is 5.69 Å². The van der Waals surface area contributed by atoms with E-state index in [-0.39, 0.29) is 18.0 Å². The van der Waals surface area contributed by atoms with Gasteiger partial charge in [0.05, 0.1) is 36.2 Å². The van der Waals surface area contributed by atoms with E-state index in [1.807, 2.05) is 31.2 Å². The molecule has 24 heavy (non-hydrogen) atoms. The second kappa shape index (κ2) is 8.55. The van der Waals surface area contributed by atoms with E-state index < -0.39 is 24.9 Å². The van der Waals surface area contributed by atoms with Crippen LogP contribution in [0, 0.1) is 0 Å². The van der Waals surface area contributed by atoms with E-state index in [1.165, 1.54) is 6.20 Å². The molecule has 0 saturated carbocycles. The molecule has 2 rings (SSSR count). The Bertz CT molecular complexity index is 691. The maximum Gasteiger partial charge on any atom is 0.277 e. The average Bonchev–Trinajstić information content (AvgIpc) is 2.97. The SMILES string of the molecule is CCc1c(C(=O)NCC(F)(F)CN)cnn1-c1ccc(Br)cc1.Cl. The van der Waals surface area contributed by atoms with E-state index in [1.54, 1.807) is 4.68 Å². The molecule has 1 aromatic heterocycles. The number of nitrogens with two attached hydrogens (primary N) is 1. The first-order valence-corrected chi connectivity index (χ1v) is 7.86. The number of carbonyl (C=O) groups excluding carboxylic acids is 1. The standard InChI is InChI=1S/C15H17BrF2N4O.ClH/c1-2-13-12(14(23)20-9-15(17,18)8-19)7-21-22(13)11-5-3-10(16)4-6-11;/h3-7H,2,8-9,19H2,1H3,(H,20,23);1H. The first-order valence-electron chi connectivity index (χ1n) is 7.07. The number of amides is 1. The predicted molar refractivity (Wildman–Crippen MR) is 94.2 cm³/mol. The highest BCUT2D eigenvalue weighted by Crippen LogP contribution is 2.19. The lowest BCUT2D eigenvalue weighted by Gasteiger charge is -2.14. The molecule has 0 atom stereocenters. The fourth-order valence-electron chi connectivity index (χ4n) is 2.09. The number of hydrogen-bond donors (Lipinski definition) is 2. The van der Waals surface area contributed by atoms with E-state index in [0.717, 1.165) is 10.2 Å². The first kappa shape index (κ1) is 20.5. The minimum absolute atomic E-state index is 0. The number of nitrogens with one attached hydrogen (secondary N) is 1. The smallest absolute Gasteiger partial charge is 0.277 e. The van der Waals surface area contributed by atoms with Crippen molar-refractivity contribution in [2.75, 3.05) is 13.1 Å². The van der Waals surface area contributed by atoms with Crippen molar-refractivity contribution in [3.8, 4) is 5.69 Å². The summed E-state index contributed by atoms with van der Waals surface area (Å²) in [6.07, 6.45) is 1.92. The number of carbonyl (C=O) groups is 1. The fourth-order valence-corrected chi connectivity index (χ4v) is 2.35. The van der Waals surface area contributed by atoms with Crippen LogP contribution in [0.3, 0.4) is 0 Å². The zero-order valence-electron chi connectivity index (χ0n) is 12.9. The summed E-state index contributed by atoms with van der Waals surface area (Å²) in [5.41, 5.74) is 6.68. The van der Waals surface area contributed by atoms with Gasteiger partial charge in [-0.25, -0.2) is 13.5 Å². The van der Waals surface area contributed by atoms with Gasteiger partial charge in [0.25, 0.3) is 11.8 Å². The number of aromatic nitrogens is 2. The molecule has 0 saturated heterocycles. The number of alkyl halides is 2. The van der Waals surface area contributed by atoms with E-state index in [4.69, 9.17) is 5.73 Å². The Kier molecular flexibility index (Phi) is 7.31. The molecule has 0 spiro atoms. The van der Waals surface area contributed by atoms with Crippen LogP contribution in [0.4, 0.5) is 8.78 Å². The third kappa shape index (κ3) is 4.75. The van der Waals surface area contributed by atoms with Crippen LogP contribution in [0.2, 0.25) is 0 Å². The molecular formula is C15H18BrClF2N4O. The van der Waals surface area contributed by atoms with Gasteiger partial charge in [-0.15, -0.1) is 12.4 Å². The lowest BCUT2D eigenvalue weighted by Crippen LogP contribution is -2.41. The zero-order valence-corrected chi connectivity index (χ0v) is 15.3. The van der Waals surface area contributed by atoms with Crippen LogP contribution in [0.15, 0.2) is 34.9 Å². The summed E-state index contributed by atoms with van der Waals surface area (Å²) in [7, 11) is 0. The minimum Gasteiger partial charge on any atom is -0.346 e. The second-order valence-electron chi connectivity index (χ2n) is 4.99. The molecule has 0 unspecified atom stereocenters. The summed E-state index contributed by atoms with van der Waals surface area (Å²) in [5.74, 6) is -3.71. The fraction of sp³-hybridized carbons (Fsp3) is 0.333. The van der Waals surface area contributed by atoms with Crippen LogP contribution in [-0.4, -0.2) is 34.7 Å². The minimum atomic E-state index is -3.12. The van der Waals surface area contributed by atoms with Crippen LogP contribution in [0.1, 0.15) is 23.0 Å². The third-order valence-corrected chi connectivity index (χ3v) is 3.85. The molecule has 0 radical (unpaired) electrons. The molecule has 1 amide bonds. The molecule has 5 nitrogen and oxygen atoms in total. The maximum atomic E-state index is 13.2. The van der Waals surface area contributed by atoms with Crippen molar-refractivity contribution >= 4 is 34.2 Å². The molecule has 1 heterocycles. The molecule has 0 aliphatic rings. The van der Waals surface area contributed by atoms with Crippen molar-refractivity contribution < 1.29 is 13.6 Å². The molecule has 1 aromatic carbocycles. The molecule has 3 N–H and O–H groups in total. The van der Waals surface area contributed by atoms with Crippen molar-refractivity contribution in [3.05, 3.63) is 46.2 Å². The quantitative estimate of drug-likeness (QED) is 0.750. The molecule has 9 heteroatoms. The van der Waals surface area contributed by atoms with Gasteiger partial charge in [-0.2, -0.15) is 5.10 Å². The Labute approximate surface area is 153 Å². The highest BCUT2D eigenvalue weighted by Gasteiger charge is 2.28. The lowest BCUT2D eigenvalue weighted by atomic mass is 10.2. The monoisotopic (exact) mass is 422 g/mol. The van der Waals surface area contributed by atoms with Gasteiger partial charge in [0.1, 0.15) is 0 Å². The molecular weight excluding hydrogens is 406 g/mol. The van der Waals surface area contributed by atoms with E-state index in [0.29, 0.717) is 12.1 Å². The van der Waals surface area contributed by atoms with E-state index >= 15 is 0 Å². The zero-order chi connectivity index (χ0) is 17.0.